The van der Waals surface area contributed by atoms with Gasteiger partial charge in [-0.25, -0.2) is 0 Å². The summed E-state index contributed by atoms with van der Waals surface area (Å²) in [6.07, 6.45) is 1.01. The number of carbonyl (C=O) groups is 1. The molecule has 1 fully saturated rings. The van der Waals surface area contributed by atoms with Gasteiger partial charge >= 0.3 is 0 Å². The molecule has 0 radical (unpaired) electrons. The quantitative estimate of drug-likeness (QED) is 0.549. The summed E-state index contributed by atoms with van der Waals surface area (Å²) < 4.78 is 0. The summed E-state index contributed by atoms with van der Waals surface area (Å²) in [5.41, 5.74) is 4.98. The van der Waals surface area contributed by atoms with E-state index >= 15 is 0 Å². The summed E-state index contributed by atoms with van der Waals surface area (Å²) in [6.45, 7) is 2.26. The number of carbonyl (C=O) groups excluding carboxylic acids is 1. The Labute approximate surface area is 66.0 Å². The van der Waals surface area contributed by atoms with Gasteiger partial charge in [-0.15, -0.1) is 0 Å². The highest BCUT2D eigenvalue weighted by atomic mass is 16.3. The number of aliphatic hydroxyl groups is 1. The number of nitrogens with zero attached hydrogens (tertiary/aromatic N) is 1. The van der Waals surface area contributed by atoms with E-state index in [4.69, 9.17) is 10.8 Å². The molecule has 1 atom stereocenters. The van der Waals surface area contributed by atoms with Gasteiger partial charge in [-0.05, 0) is 6.42 Å². The predicted molar refractivity (Wildman–Crippen MR) is 40.9 cm³/mol. The lowest BCUT2D eigenvalue weighted by atomic mass is 10.3. The van der Waals surface area contributed by atoms with Crippen LogP contribution in [0.1, 0.15) is 12.8 Å². The second kappa shape index (κ2) is 3.69. The highest BCUT2D eigenvalue weighted by Gasteiger charge is 2.19. The van der Waals surface area contributed by atoms with Gasteiger partial charge in [-0.2, -0.15) is 0 Å². The highest BCUT2D eigenvalue weighted by Crippen LogP contribution is 2.08. The molecule has 11 heavy (non-hydrogen) atoms. The van der Waals surface area contributed by atoms with Crippen molar-refractivity contribution in [2.75, 3.05) is 19.6 Å². The zero-order valence-electron chi connectivity index (χ0n) is 6.49. The van der Waals surface area contributed by atoms with Gasteiger partial charge < -0.3 is 15.7 Å². The molecule has 1 saturated heterocycles. The molecule has 1 unspecified atom stereocenters. The molecule has 0 aromatic carbocycles. The molecule has 4 nitrogen and oxygen atoms in total. The van der Waals surface area contributed by atoms with Gasteiger partial charge in [0.05, 0.1) is 6.10 Å². The Balaban J connectivity index is 2.13. The Hall–Kier alpha value is -0.610. The van der Waals surface area contributed by atoms with Crippen molar-refractivity contribution in [3.8, 4) is 0 Å². The molecule has 0 aromatic heterocycles. The first kappa shape index (κ1) is 8.49. The molecule has 3 N–H and O–H groups in total. The van der Waals surface area contributed by atoms with Crippen LogP contribution in [0.4, 0.5) is 0 Å². The molecule has 0 saturated carbocycles. The van der Waals surface area contributed by atoms with E-state index in [9.17, 15) is 4.79 Å². The van der Waals surface area contributed by atoms with Crippen LogP contribution in [-0.4, -0.2) is 41.7 Å². The minimum atomic E-state index is -0.272. The third kappa shape index (κ3) is 2.86. The molecular formula is C7H14N2O2. The summed E-state index contributed by atoms with van der Waals surface area (Å²) in [6, 6.07) is 0. The van der Waals surface area contributed by atoms with Crippen LogP contribution < -0.4 is 5.73 Å². The van der Waals surface area contributed by atoms with Crippen molar-refractivity contribution in [2.24, 2.45) is 5.73 Å². The molecule has 4 heteroatoms. The third-order valence-corrected chi connectivity index (χ3v) is 1.92. The number of rotatable bonds is 3. The Kier molecular flexibility index (Phi) is 2.84. The van der Waals surface area contributed by atoms with Crippen LogP contribution in [-0.2, 0) is 4.79 Å². The van der Waals surface area contributed by atoms with E-state index in [1.807, 2.05) is 0 Å². The average Bonchev–Trinajstić information content (AvgIpc) is 2.31. The summed E-state index contributed by atoms with van der Waals surface area (Å²) in [5.74, 6) is -0.272. The first-order valence-electron chi connectivity index (χ1n) is 3.87. The van der Waals surface area contributed by atoms with Crippen LogP contribution >= 0.6 is 0 Å². The van der Waals surface area contributed by atoms with E-state index in [2.05, 4.69) is 4.90 Å². The SMILES string of the molecule is NC(=O)CCN1CCC(O)C1. The Morgan fingerprint density at radius 3 is 2.91 bits per heavy atom. The summed E-state index contributed by atoms with van der Waals surface area (Å²) >= 11 is 0. The van der Waals surface area contributed by atoms with Crippen molar-refractivity contribution in [2.45, 2.75) is 18.9 Å². The fraction of sp³-hybridized carbons (Fsp3) is 0.857. The van der Waals surface area contributed by atoms with Gasteiger partial charge in [0.15, 0.2) is 0 Å². The van der Waals surface area contributed by atoms with Crippen LogP contribution in [0.25, 0.3) is 0 Å². The third-order valence-electron chi connectivity index (χ3n) is 1.92. The number of hydrogen-bond donors (Lipinski definition) is 2. The number of β-amino-alcohol motifs (C(OH)–C–C–N with tert-alkyl or cyclic N) is 1. The second-order valence-electron chi connectivity index (χ2n) is 2.96. The Morgan fingerprint density at radius 2 is 2.45 bits per heavy atom. The maximum atomic E-state index is 10.4. The fourth-order valence-electron chi connectivity index (χ4n) is 1.28. The number of likely N-dealkylation sites (tertiary alicyclic amines) is 1. The standard InChI is InChI=1S/C7H14N2O2/c8-7(11)2-4-9-3-1-6(10)5-9/h6,10H,1-5H2,(H2,8,11). The first-order valence-corrected chi connectivity index (χ1v) is 3.87. The van der Waals surface area contributed by atoms with Gasteiger partial charge in [0.25, 0.3) is 0 Å². The molecule has 1 aliphatic rings. The number of amides is 1. The average molecular weight is 158 g/mol. The first-order chi connectivity index (χ1) is 5.18. The number of hydrogen-bond acceptors (Lipinski definition) is 3. The number of nitrogens with two attached hydrogens (primary N) is 1. The zero-order chi connectivity index (χ0) is 8.27. The molecule has 0 bridgehead atoms. The maximum absolute atomic E-state index is 10.4. The number of primary amides is 1. The largest absolute Gasteiger partial charge is 0.392 e. The molecular weight excluding hydrogens is 144 g/mol. The van der Waals surface area contributed by atoms with Crippen LogP contribution in [0.2, 0.25) is 0 Å². The van der Waals surface area contributed by atoms with Gasteiger partial charge in [-0.3, -0.25) is 4.79 Å². The van der Waals surface area contributed by atoms with Crippen molar-refractivity contribution >= 4 is 5.91 Å². The smallest absolute Gasteiger partial charge is 0.218 e. The lowest BCUT2D eigenvalue weighted by Crippen LogP contribution is -2.26. The topological polar surface area (TPSA) is 66.6 Å². The van der Waals surface area contributed by atoms with Gasteiger partial charge in [0.1, 0.15) is 0 Å². The van der Waals surface area contributed by atoms with E-state index in [1.54, 1.807) is 0 Å². The van der Waals surface area contributed by atoms with E-state index < -0.39 is 0 Å². The Bertz CT molecular complexity index is 149. The monoisotopic (exact) mass is 158 g/mol. The zero-order valence-corrected chi connectivity index (χ0v) is 6.49. The second-order valence-corrected chi connectivity index (χ2v) is 2.96. The molecule has 1 heterocycles. The molecule has 0 aliphatic carbocycles. The number of aliphatic hydroxyl groups excluding tert-OH is 1. The summed E-state index contributed by atoms with van der Waals surface area (Å²) in [7, 11) is 0. The van der Waals surface area contributed by atoms with Crippen molar-refractivity contribution in [3.05, 3.63) is 0 Å². The lowest BCUT2D eigenvalue weighted by molar-refractivity contribution is -0.118. The minimum absolute atomic E-state index is 0.206. The van der Waals surface area contributed by atoms with Crippen LogP contribution in [0.3, 0.4) is 0 Å². The van der Waals surface area contributed by atoms with E-state index in [1.165, 1.54) is 0 Å². The van der Waals surface area contributed by atoms with Crippen molar-refractivity contribution in [3.63, 3.8) is 0 Å². The maximum Gasteiger partial charge on any atom is 0.218 e. The highest BCUT2D eigenvalue weighted by molar-refractivity contribution is 5.73. The van der Waals surface area contributed by atoms with Crippen LogP contribution in [0.15, 0.2) is 0 Å². The lowest BCUT2D eigenvalue weighted by Gasteiger charge is -2.12. The Morgan fingerprint density at radius 1 is 1.73 bits per heavy atom. The van der Waals surface area contributed by atoms with Crippen molar-refractivity contribution < 1.29 is 9.90 Å². The minimum Gasteiger partial charge on any atom is -0.392 e. The van der Waals surface area contributed by atoms with Gasteiger partial charge in [0.2, 0.25) is 5.91 Å². The predicted octanol–water partition coefficient (Wildman–Crippen LogP) is -1.07. The summed E-state index contributed by atoms with van der Waals surface area (Å²) in [4.78, 5) is 12.4. The molecule has 1 amide bonds. The van der Waals surface area contributed by atoms with Crippen LogP contribution in [0.5, 0.6) is 0 Å². The molecule has 64 valence electrons. The van der Waals surface area contributed by atoms with Gasteiger partial charge in [-0.1, -0.05) is 0 Å². The fourth-order valence-corrected chi connectivity index (χ4v) is 1.28. The van der Waals surface area contributed by atoms with Crippen LogP contribution in [0, 0.1) is 0 Å². The molecule has 1 rings (SSSR count). The van der Waals surface area contributed by atoms with E-state index in [0.717, 1.165) is 13.0 Å². The van der Waals surface area contributed by atoms with Gasteiger partial charge in [0, 0.05) is 26.1 Å². The van der Waals surface area contributed by atoms with E-state index in [-0.39, 0.29) is 12.0 Å². The summed E-state index contributed by atoms with van der Waals surface area (Å²) in [5, 5.41) is 9.11. The van der Waals surface area contributed by atoms with E-state index in [0.29, 0.717) is 19.5 Å². The molecule has 0 spiro atoms. The van der Waals surface area contributed by atoms with Crippen molar-refractivity contribution in [1.29, 1.82) is 0 Å². The molecule has 0 aromatic rings. The van der Waals surface area contributed by atoms with Crippen molar-refractivity contribution in [1.82, 2.24) is 4.90 Å². The molecule has 1 aliphatic heterocycles. The normalized spacial score (nSPS) is 25.7.